The quantitative estimate of drug-likeness (QED) is 0.832. The van der Waals surface area contributed by atoms with E-state index in [0.29, 0.717) is 0 Å². The van der Waals surface area contributed by atoms with Crippen molar-refractivity contribution in [1.29, 1.82) is 0 Å². The summed E-state index contributed by atoms with van der Waals surface area (Å²) in [5.74, 6) is -2.93. The van der Waals surface area contributed by atoms with Gasteiger partial charge in [-0.3, -0.25) is 0 Å². The highest BCUT2D eigenvalue weighted by molar-refractivity contribution is 5.47. The fraction of sp³-hybridized carbons (Fsp3) is 0.455. The maximum absolute atomic E-state index is 13.2. The van der Waals surface area contributed by atoms with Crippen LogP contribution in [0.15, 0.2) is 24.3 Å². The molecular weight excluding hydrogens is 198 g/mol. The second kappa shape index (κ2) is 4.57. The average molecular weight is 214 g/mol. The Morgan fingerprint density at radius 1 is 1.27 bits per heavy atom. The Kier molecular flexibility index (Phi) is 3.63. The van der Waals surface area contributed by atoms with E-state index in [4.69, 9.17) is 5.73 Å². The van der Waals surface area contributed by atoms with Crippen LogP contribution in [0.25, 0.3) is 0 Å². The third kappa shape index (κ3) is 2.65. The maximum Gasteiger partial charge on any atom is 0.285 e. The lowest BCUT2D eigenvalue weighted by Gasteiger charge is -2.19. The summed E-state index contributed by atoms with van der Waals surface area (Å²) in [6.45, 7) is 2.19. The first kappa shape index (κ1) is 11.9. The summed E-state index contributed by atoms with van der Waals surface area (Å²) in [5, 5.41) is 0. The van der Waals surface area contributed by atoms with E-state index >= 15 is 0 Å². The van der Waals surface area contributed by atoms with Crippen LogP contribution in [0.2, 0.25) is 0 Å². The first-order valence-electron chi connectivity index (χ1n) is 4.91. The molecule has 1 aromatic carbocycles. The molecule has 0 aromatic heterocycles. The van der Waals surface area contributed by atoms with Gasteiger partial charge in [0, 0.05) is 24.8 Å². The van der Waals surface area contributed by atoms with E-state index in [2.05, 4.69) is 0 Å². The van der Waals surface area contributed by atoms with Crippen molar-refractivity contribution in [3.05, 3.63) is 29.8 Å². The number of anilines is 1. The fourth-order valence-corrected chi connectivity index (χ4v) is 1.26. The van der Waals surface area contributed by atoms with E-state index in [9.17, 15) is 8.78 Å². The number of nitrogens with zero attached hydrogens (tertiary/aromatic N) is 1. The van der Waals surface area contributed by atoms with Gasteiger partial charge in [-0.2, -0.15) is 8.78 Å². The predicted octanol–water partition coefficient (Wildman–Crippen LogP) is 2.19. The molecule has 1 rings (SSSR count). The van der Waals surface area contributed by atoms with Crippen LogP contribution in [0.5, 0.6) is 0 Å². The SMILES string of the molecule is CCN(C)c1ccc(C(F)(F)CN)cc1. The molecule has 0 heterocycles. The van der Waals surface area contributed by atoms with Crippen molar-refractivity contribution in [3.8, 4) is 0 Å². The monoisotopic (exact) mass is 214 g/mol. The molecule has 0 radical (unpaired) electrons. The van der Waals surface area contributed by atoms with E-state index in [1.54, 1.807) is 12.1 Å². The highest BCUT2D eigenvalue weighted by atomic mass is 19.3. The number of halogens is 2. The van der Waals surface area contributed by atoms with Crippen LogP contribution in [0.3, 0.4) is 0 Å². The number of alkyl halides is 2. The standard InChI is InChI=1S/C11H16F2N2/c1-3-15(2)10-6-4-9(5-7-10)11(12,13)8-14/h4-7H,3,8,14H2,1-2H3. The molecule has 0 saturated carbocycles. The Hall–Kier alpha value is -1.16. The zero-order valence-electron chi connectivity index (χ0n) is 9.00. The summed E-state index contributed by atoms with van der Waals surface area (Å²) in [5.41, 5.74) is 5.90. The molecule has 0 unspecified atom stereocenters. The molecule has 0 saturated heterocycles. The molecule has 0 fully saturated rings. The van der Waals surface area contributed by atoms with Crippen molar-refractivity contribution in [2.45, 2.75) is 12.8 Å². The second-order valence-electron chi connectivity index (χ2n) is 3.47. The molecule has 0 spiro atoms. The Morgan fingerprint density at radius 2 is 1.80 bits per heavy atom. The fourth-order valence-electron chi connectivity index (χ4n) is 1.26. The van der Waals surface area contributed by atoms with E-state index in [1.165, 1.54) is 12.1 Å². The van der Waals surface area contributed by atoms with Crippen molar-refractivity contribution < 1.29 is 8.78 Å². The van der Waals surface area contributed by atoms with Crippen molar-refractivity contribution >= 4 is 5.69 Å². The highest BCUT2D eigenvalue weighted by Crippen LogP contribution is 2.27. The van der Waals surface area contributed by atoms with Crippen LogP contribution in [0, 0.1) is 0 Å². The van der Waals surface area contributed by atoms with Gasteiger partial charge in [-0.15, -0.1) is 0 Å². The molecule has 0 aliphatic carbocycles. The number of rotatable bonds is 4. The smallest absolute Gasteiger partial charge is 0.285 e. The van der Waals surface area contributed by atoms with Gasteiger partial charge in [0.25, 0.3) is 5.92 Å². The summed E-state index contributed by atoms with van der Waals surface area (Å²) in [6.07, 6.45) is 0. The summed E-state index contributed by atoms with van der Waals surface area (Å²) in [7, 11) is 1.91. The van der Waals surface area contributed by atoms with Gasteiger partial charge in [0.1, 0.15) is 0 Å². The first-order valence-corrected chi connectivity index (χ1v) is 4.91. The minimum atomic E-state index is -2.93. The van der Waals surface area contributed by atoms with Crippen LogP contribution >= 0.6 is 0 Å². The van der Waals surface area contributed by atoms with Gasteiger partial charge in [-0.25, -0.2) is 0 Å². The van der Waals surface area contributed by atoms with E-state index < -0.39 is 12.5 Å². The third-order valence-corrected chi connectivity index (χ3v) is 2.46. The van der Waals surface area contributed by atoms with Crippen LogP contribution in [-0.2, 0) is 5.92 Å². The highest BCUT2D eigenvalue weighted by Gasteiger charge is 2.29. The molecule has 1 aromatic rings. The summed E-state index contributed by atoms with van der Waals surface area (Å²) < 4.78 is 26.3. The number of nitrogens with two attached hydrogens (primary N) is 1. The summed E-state index contributed by atoms with van der Waals surface area (Å²) in [4.78, 5) is 1.98. The van der Waals surface area contributed by atoms with Gasteiger partial charge in [-0.05, 0) is 19.1 Å². The van der Waals surface area contributed by atoms with Gasteiger partial charge >= 0.3 is 0 Å². The van der Waals surface area contributed by atoms with Crippen molar-refractivity contribution in [2.24, 2.45) is 5.73 Å². The molecule has 0 atom stereocenters. The molecule has 2 nitrogen and oxygen atoms in total. The summed E-state index contributed by atoms with van der Waals surface area (Å²) in [6, 6.07) is 6.22. The summed E-state index contributed by atoms with van der Waals surface area (Å²) >= 11 is 0. The predicted molar refractivity (Wildman–Crippen MR) is 58.3 cm³/mol. The topological polar surface area (TPSA) is 29.3 Å². The molecule has 4 heteroatoms. The van der Waals surface area contributed by atoms with Crippen LogP contribution < -0.4 is 10.6 Å². The molecule has 0 aliphatic heterocycles. The van der Waals surface area contributed by atoms with Gasteiger partial charge in [0.2, 0.25) is 0 Å². The lowest BCUT2D eigenvalue weighted by atomic mass is 10.1. The normalized spacial score (nSPS) is 11.5. The van der Waals surface area contributed by atoms with Gasteiger partial charge < -0.3 is 10.6 Å². The molecular formula is C11H16F2N2. The lowest BCUT2D eigenvalue weighted by molar-refractivity contribution is 0.00596. The molecule has 0 bridgehead atoms. The largest absolute Gasteiger partial charge is 0.375 e. The first-order chi connectivity index (χ1) is 7.01. The number of benzene rings is 1. The van der Waals surface area contributed by atoms with E-state index in [1.807, 2.05) is 18.9 Å². The van der Waals surface area contributed by atoms with Crippen molar-refractivity contribution in [1.82, 2.24) is 0 Å². The molecule has 84 valence electrons. The number of hydrogen-bond acceptors (Lipinski definition) is 2. The molecule has 0 aliphatic rings. The maximum atomic E-state index is 13.2. The Labute approximate surface area is 88.7 Å². The minimum absolute atomic E-state index is 0.0294. The van der Waals surface area contributed by atoms with Crippen LogP contribution in [-0.4, -0.2) is 20.1 Å². The number of hydrogen-bond donors (Lipinski definition) is 1. The van der Waals surface area contributed by atoms with E-state index in [0.717, 1.165) is 12.2 Å². The average Bonchev–Trinajstić information content (AvgIpc) is 2.28. The zero-order chi connectivity index (χ0) is 11.5. The second-order valence-corrected chi connectivity index (χ2v) is 3.47. The van der Waals surface area contributed by atoms with E-state index in [-0.39, 0.29) is 5.56 Å². The van der Waals surface area contributed by atoms with Gasteiger partial charge in [-0.1, -0.05) is 12.1 Å². The molecule has 15 heavy (non-hydrogen) atoms. The van der Waals surface area contributed by atoms with Crippen molar-refractivity contribution in [3.63, 3.8) is 0 Å². The van der Waals surface area contributed by atoms with Crippen LogP contribution in [0.1, 0.15) is 12.5 Å². The van der Waals surface area contributed by atoms with Crippen LogP contribution in [0.4, 0.5) is 14.5 Å². The lowest BCUT2D eigenvalue weighted by Crippen LogP contribution is -2.25. The Bertz CT molecular complexity index is 309. The molecule has 0 amide bonds. The zero-order valence-corrected chi connectivity index (χ0v) is 9.00. The molecule has 2 N–H and O–H groups in total. The van der Waals surface area contributed by atoms with Crippen molar-refractivity contribution in [2.75, 3.05) is 25.0 Å². The van der Waals surface area contributed by atoms with Gasteiger partial charge in [0.05, 0.1) is 6.54 Å². The third-order valence-electron chi connectivity index (χ3n) is 2.46. The Balaban J connectivity index is 2.90. The van der Waals surface area contributed by atoms with Gasteiger partial charge in [0.15, 0.2) is 0 Å². The minimum Gasteiger partial charge on any atom is -0.375 e. The Morgan fingerprint density at radius 3 is 2.20 bits per heavy atom.